The fourth-order valence-electron chi connectivity index (χ4n) is 1.62. The maximum Gasteiger partial charge on any atom is 0.326 e. The minimum absolute atomic E-state index is 0.119. The van der Waals surface area contributed by atoms with Crippen LogP contribution in [0.15, 0.2) is 23.4 Å². The Labute approximate surface area is 119 Å². The van der Waals surface area contributed by atoms with E-state index >= 15 is 0 Å². The molecule has 0 unspecified atom stereocenters. The average Bonchev–Trinajstić information content (AvgIpc) is 3.10. The van der Waals surface area contributed by atoms with Crippen LogP contribution < -0.4 is 10.6 Å². The van der Waals surface area contributed by atoms with Crippen LogP contribution in [0.2, 0.25) is 0 Å². The highest BCUT2D eigenvalue weighted by molar-refractivity contribution is 5.82. The average molecular weight is 294 g/mol. The van der Waals surface area contributed by atoms with Crippen molar-refractivity contribution in [3.8, 4) is 0 Å². The number of carbonyl (C=O) groups is 2. The molecule has 10 nitrogen and oxygen atoms in total. The van der Waals surface area contributed by atoms with E-state index in [9.17, 15) is 9.59 Å². The standard InChI is InChI=1S/C11H14N6O4/c18-10(19)8(3-7-4-12-5-14-7)16-11(20)13-2-1-9-15-6-21-17-9/h4-6,8H,1-3H2,(H,12,14)(H,18,19)(H2,13,16,20)/t8-/m1/s1. The fraction of sp³-hybridized carbons (Fsp3) is 0.364. The molecule has 2 aromatic heterocycles. The number of carboxylic acid groups (broad SMARTS) is 1. The number of aromatic amines is 1. The molecule has 2 amide bonds. The van der Waals surface area contributed by atoms with Gasteiger partial charge in [0.25, 0.3) is 0 Å². The van der Waals surface area contributed by atoms with Crippen molar-refractivity contribution in [1.82, 2.24) is 30.7 Å². The molecule has 0 bridgehead atoms. The van der Waals surface area contributed by atoms with Gasteiger partial charge in [-0.2, -0.15) is 4.98 Å². The lowest BCUT2D eigenvalue weighted by Gasteiger charge is -2.14. The Morgan fingerprint density at radius 1 is 1.48 bits per heavy atom. The largest absolute Gasteiger partial charge is 0.480 e. The minimum atomic E-state index is -1.13. The summed E-state index contributed by atoms with van der Waals surface area (Å²) in [6.45, 7) is 0.266. The lowest BCUT2D eigenvalue weighted by atomic mass is 10.2. The number of imidazole rings is 1. The Bertz CT molecular complexity index is 568. The van der Waals surface area contributed by atoms with Gasteiger partial charge in [-0.3, -0.25) is 0 Å². The van der Waals surface area contributed by atoms with Gasteiger partial charge in [0.1, 0.15) is 6.04 Å². The van der Waals surface area contributed by atoms with Crippen LogP contribution >= 0.6 is 0 Å². The molecule has 2 aromatic rings. The Kier molecular flexibility index (Phi) is 4.85. The van der Waals surface area contributed by atoms with E-state index in [-0.39, 0.29) is 13.0 Å². The van der Waals surface area contributed by atoms with Crippen LogP contribution in [0.5, 0.6) is 0 Å². The predicted octanol–water partition coefficient (Wildman–Crippen LogP) is -0.670. The number of nitrogens with zero attached hydrogens (tertiary/aromatic N) is 3. The van der Waals surface area contributed by atoms with Crippen molar-refractivity contribution in [2.45, 2.75) is 18.9 Å². The van der Waals surface area contributed by atoms with Crippen molar-refractivity contribution in [2.24, 2.45) is 0 Å². The van der Waals surface area contributed by atoms with E-state index in [1.165, 1.54) is 18.9 Å². The first-order chi connectivity index (χ1) is 10.1. The molecule has 112 valence electrons. The second kappa shape index (κ2) is 7.03. The normalized spacial score (nSPS) is 11.8. The van der Waals surface area contributed by atoms with Crippen LogP contribution in [-0.2, 0) is 17.6 Å². The molecule has 0 saturated heterocycles. The van der Waals surface area contributed by atoms with Crippen molar-refractivity contribution in [1.29, 1.82) is 0 Å². The van der Waals surface area contributed by atoms with Crippen molar-refractivity contribution >= 4 is 12.0 Å². The third-order valence-corrected chi connectivity index (χ3v) is 2.62. The van der Waals surface area contributed by atoms with Crippen LogP contribution in [0.25, 0.3) is 0 Å². The van der Waals surface area contributed by atoms with Gasteiger partial charge in [-0.15, -0.1) is 0 Å². The maximum absolute atomic E-state index is 11.6. The number of urea groups is 1. The third kappa shape index (κ3) is 4.60. The zero-order chi connectivity index (χ0) is 15.1. The van der Waals surface area contributed by atoms with Gasteiger partial charge in [0, 0.05) is 31.3 Å². The lowest BCUT2D eigenvalue weighted by molar-refractivity contribution is -0.139. The summed E-state index contributed by atoms with van der Waals surface area (Å²) in [4.78, 5) is 33.1. The van der Waals surface area contributed by atoms with Gasteiger partial charge in [-0.25, -0.2) is 14.6 Å². The molecule has 0 spiro atoms. The van der Waals surface area contributed by atoms with E-state index in [0.29, 0.717) is 17.9 Å². The molecule has 0 radical (unpaired) electrons. The van der Waals surface area contributed by atoms with Crippen LogP contribution in [0.1, 0.15) is 11.5 Å². The molecule has 21 heavy (non-hydrogen) atoms. The number of aromatic nitrogens is 4. The number of aliphatic carboxylic acids is 1. The zero-order valence-corrected chi connectivity index (χ0v) is 10.9. The molecule has 0 saturated carbocycles. The first-order valence-corrected chi connectivity index (χ1v) is 6.15. The number of hydrogen-bond donors (Lipinski definition) is 4. The first kappa shape index (κ1) is 14.5. The van der Waals surface area contributed by atoms with Crippen LogP contribution in [0, 0.1) is 0 Å². The molecule has 0 aromatic carbocycles. The quantitative estimate of drug-likeness (QED) is 0.529. The number of carboxylic acids is 1. The van der Waals surface area contributed by atoms with Crippen LogP contribution in [0.4, 0.5) is 4.79 Å². The molecule has 10 heteroatoms. The summed E-state index contributed by atoms with van der Waals surface area (Å²) in [6, 6.07) is -1.62. The first-order valence-electron chi connectivity index (χ1n) is 6.15. The van der Waals surface area contributed by atoms with E-state index in [1.807, 2.05) is 0 Å². The molecule has 1 atom stereocenters. The van der Waals surface area contributed by atoms with Gasteiger partial charge >= 0.3 is 12.0 Å². The van der Waals surface area contributed by atoms with Crippen LogP contribution in [-0.4, -0.2) is 49.8 Å². The van der Waals surface area contributed by atoms with Gasteiger partial charge in [-0.1, -0.05) is 5.16 Å². The second-order valence-electron chi connectivity index (χ2n) is 4.17. The van der Waals surface area contributed by atoms with E-state index in [2.05, 4.69) is 35.3 Å². The highest BCUT2D eigenvalue weighted by Crippen LogP contribution is 1.98. The third-order valence-electron chi connectivity index (χ3n) is 2.62. The summed E-state index contributed by atoms with van der Waals surface area (Å²) >= 11 is 0. The Hall–Kier alpha value is -2.91. The van der Waals surface area contributed by atoms with Gasteiger partial charge in [-0.05, 0) is 0 Å². The molecule has 2 heterocycles. The van der Waals surface area contributed by atoms with Gasteiger partial charge < -0.3 is 25.2 Å². The number of amides is 2. The second-order valence-corrected chi connectivity index (χ2v) is 4.17. The summed E-state index contributed by atoms with van der Waals surface area (Å²) in [5.41, 5.74) is 0.620. The van der Waals surface area contributed by atoms with Crippen molar-refractivity contribution in [2.75, 3.05) is 6.54 Å². The summed E-state index contributed by atoms with van der Waals surface area (Å²) in [7, 11) is 0. The Morgan fingerprint density at radius 2 is 2.33 bits per heavy atom. The smallest absolute Gasteiger partial charge is 0.326 e. The topological polar surface area (TPSA) is 146 Å². The monoisotopic (exact) mass is 294 g/mol. The highest BCUT2D eigenvalue weighted by Gasteiger charge is 2.20. The van der Waals surface area contributed by atoms with E-state index in [0.717, 1.165) is 0 Å². The van der Waals surface area contributed by atoms with E-state index in [4.69, 9.17) is 5.11 Å². The van der Waals surface area contributed by atoms with Crippen LogP contribution in [0.3, 0.4) is 0 Å². The molecule has 4 N–H and O–H groups in total. The molecule has 0 aliphatic carbocycles. The zero-order valence-electron chi connectivity index (χ0n) is 10.9. The number of rotatable bonds is 7. The van der Waals surface area contributed by atoms with Crippen molar-refractivity contribution in [3.05, 3.63) is 30.4 Å². The number of hydrogen-bond acceptors (Lipinski definition) is 6. The summed E-state index contributed by atoms with van der Waals surface area (Å²) in [6.07, 6.45) is 4.65. The number of H-pyrrole nitrogens is 1. The predicted molar refractivity (Wildman–Crippen MR) is 68.3 cm³/mol. The van der Waals surface area contributed by atoms with Gasteiger partial charge in [0.05, 0.1) is 6.33 Å². The molecular weight excluding hydrogens is 280 g/mol. The molecular formula is C11H14N6O4. The lowest BCUT2D eigenvalue weighted by Crippen LogP contribution is -2.47. The molecule has 0 aliphatic rings. The Morgan fingerprint density at radius 3 is 2.95 bits per heavy atom. The van der Waals surface area contributed by atoms with Crippen molar-refractivity contribution in [3.63, 3.8) is 0 Å². The summed E-state index contributed by atoms with van der Waals surface area (Å²) < 4.78 is 4.55. The SMILES string of the molecule is O=C(NCCc1ncon1)N[C@H](Cc1cnc[nH]1)C(=O)O. The number of nitrogens with one attached hydrogen (secondary N) is 3. The van der Waals surface area contributed by atoms with Crippen molar-refractivity contribution < 1.29 is 19.2 Å². The van der Waals surface area contributed by atoms with Gasteiger partial charge in [0.15, 0.2) is 5.82 Å². The fourth-order valence-corrected chi connectivity index (χ4v) is 1.62. The van der Waals surface area contributed by atoms with E-state index < -0.39 is 18.0 Å². The number of carbonyl (C=O) groups excluding carboxylic acids is 1. The Balaban J connectivity index is 1.76. The molecule has 0 aliphatic heterocycles. The molecule has 0 fully saturated rings. The molecule has 2 rings (SSSR count). The van der Waals surface area contributed by atoms with Gasteiger partial charge in [0.2, 0.25) is 6.39 Å². The summed E-state index contributed by atoms with van der Waals surface area (Å²) in [5, 5.41) is 17.6. The minimum Gasteiger partial charge on any atom is -0.480 e. The maximum atomic E-state index is 11.6. The van der Waals surface area contributed by atoms with E-state index in [1.54, 1.807) is 0 Å². The highest BCUT2D eigenvalue weighted by atomic mass is 16.5. The summed E-state index contributed by atoms with van der Waals surface area (Å²) in [5.74, 6) is -0.666.